The summed E-state index contributed by atoms with van der Waals surface area (Å²) in [7, 11) is 1.79. The van der Waals surface area contributed by atoms with Gasteiger partial charge in [-0.05, 0) is 72.6 Å². The molecule has 186 valence electrons. The summed E-state index contributed by atoms with van der Waals surface area (Å²) in [5.74, 6) is -0.0213. The molecule has 2 aliphatic heterocycles. The molecule has 2 aromatic carbocycles. The van der Waals surface area contributed by atoms with Gasteiger partial charge in [0.25, 0.3) is 5.91 Å². The van der Waals surface area contributed by atoms with E-state index in [0.717, 1.165) is 32.5 Å². The quantitative estimate of drug-likeness (QED) is 0.449. The lowest BCUT2D eigenvalue weighted by atomic mass is 9.86. The van der Waals surface area contributed by atoms with Crippen molar-refractivity contribution in [2.24, 2.45) is 0 Å². The van der Waals surface area contributed by atoms with Crippen molar-refractivity contribution in [1.29, 1.82) is 0 Å². The second-order valence-corrected chi connectivity index (χ2v) is 10.1. The van der Waals surface area contributed by atoms with Crippen molar-refractivity contribution in [3.05, 3.63) is 89.7 Å². The van der Waals surface area contributed by atoms with E-state index in [4.69, 9.17) is 0 Å². The molecule has 5 rings (SSSR count). The molecule has 0 radical (unpaired) electrons. The zero-order valence-electron chi connectivity index (χ0n) is 21.2. The summed E-state index contributed by atoms with van der Waals surface area (Å²) >= 11 is 0. The maximum absolute atomic E-state index is 13.4. The first-order valence-electron chi connectivity index (χ1n) is 12.8. The number of hydrogen-bond donors (Lipinski definition) is 0. The van der Waals surface area contributed by atoms with Gasteiger partial charge >= 0.3 is 6.03 Å². The highest BCUT2D eigenvalue weighted by Crippen LogP contribution is 2.36. The lowest BCUT2D eigenvalue weighted by Gasteiger charge is -2.40. The van der Waals surface area contributed by atoms with E-state index in [1.807, 2.05) is 12.1 Å². The van der Waals surface area contributed by atoms with Crippen molar-refractivity contribution in [3.63, 3.8) is 0 Å². The third-order valence-corrected chi connectivity index (χ3v) is 7.90. The number of likely N-dealkylation sites (tertiary alicyclic amines) is 1. The maximum atomic E-state index is 13.4. The summed E-state index contributed by atoms with van der Waals surface area (Å²) in [5.41, 5.74) is 5.52. The topological polar surface area (TPSA) is 56.8 Å². The second kappa shape index (κ2) is 10.2. The van der Waals surface area contributed by atoms with Gasteiger partial charge in [-0.2, -0.15) is 0 Å². The zero-order valence-corrected chi connectivity index (χ0v) is 21.2. The first-order valence-corrected chi connectivity index (χ1v) is 12.8. The fourth-order valence-electron chi connectivity index (χ4n) is 5.61. The number of imide groups is 1. The van der Waals surface area contributed by atoms with Crippen LogP contribution >= 0.6 is 0 Å². The molecule has 0 saturated carbocycles. The third kappa shape index (κ3) is 4.65. The minimum absolute atomic E-state index is 0.0213. The zero-order chi connectivity index (χ0) is 25.1. The number of benzene rings is 2. The average Bonchev–Trinajstić information content (AvgIpc) is 3.07. The number of piperidine rings is 1. The Morgan fingerprint density at radius 3 is 2.28 bits per heavy atom. The molecule has 0 unspecified atom stereocenters. The molecule has 1 aromatic heterocycles. The number of hydrogen-bond acceptors (Lipinski definition) is 4. The monoisotopic (exact) mass is 482 g/mol. The molecular weight excluding hydrogens is 448 g/mol. The van der Waals surface area contributed by atoms with Gasteiger partial charge in [0.05, 0.1) is 0 Å². The standard InChI is InChI=1S/C30H34N4O2/c1-23-6-3-4-8-27(23)26-11-9-25(10-12-26)22-33-20-15-30(16-21-33)28(35)34(29(36)32(30)2)19-5-7-24-13-17-31-18-14-24/h3-4,6,8-14,17-18H,5,7,15-16,19-22H2,1-2H3. The van der Waals surface area contributed by atoms with Gasteiger partial charge in [0.2, 0.25) is 0 Å². The summed E-state index contributed by atoms with van der Waals surface area (Å²) in [6.07, 6.45) is 6.49. The average molecular weight is 483 g/mol. The summed E-state index contributed by atoms with van der Waals surface area (Å²) in [5, 5.41) is 0. The summed E-state index contributed by atoms with van der Waals surface area (Å²) in [4.78, 5) is 36.0. The lowest BCUT2D eigenvalue weighted by Crippen LogP contribution is -2.55. The van der Waals surface area contributed by atoms with Gasteiger partial charge in [0.15, 0.2) is 0 Å². The number of amides is 3. The van der Waals surface area contributed by atoms with E-state index >= 15 is 0 Å². The number of aryl methyl sites for hydroxylation is 2. The third-order valence-electron chi connectivity index (χ3n) is 7.90. The van der Waals surface area contributed by atoms with Crippen LogP contribution in [-0.2, 0) is 17.8 Å². The maximum Gasteiger partial charge on any atom is 0.327 e. The molecule has 0 N–H and O–H groups in total. The van der Waals surface area contributed by atoms with Crippen molar-refractivity contribution in [1.82, 2.24) is 19.7 Å². The van der Waals surface area contributed by atoms with Crippen LogP contribution < -0.4 is 0 Å². The Kier molecular flexibility index (Phi) is 6.88. The minimum Gasteiger partial charge on any atom is -0.312 e. The normalized spacial score (nSPS) is 17.8. The fourth-order valence-corrected chi connectivity index (χ4v) is 5.61. The Balaban J connectivity index is 1.17. The van der Waals surface area contributed by atoms with Gasteiger partial charge < -0.3 is 4.90 Å². The van der Waals surface area contributed by atoms with Crippen molar-refractivity contribution in [2.75, 3.05) is 26.7 Å². The number of pyridine rings is 1. The van der Waals surface area contributed by atoms with Crippen LogP contribution in [0, 0.1) is 6.92 Å². The van der Waals surface area contributed by atoms with Gasteiger partial charge in [-0.3, -0.25) is 19.6 Å². The van der Waals surface area contributed by atoms with Crippen LogP contribution in [0.3, 0.4) is 0 Å². The predicted molar refractivity (Wildman–Crippen MR) is 141 cm³/mol. The van der Waals surface area contributed by atoms with Gasteiger partial charge in [-0.15, -0.1) is 0 Å². The van der Waals surface area contributed by atoms with Gasteiger partial charge in [-0.1, -0.05) is 48.5 Å². The van der Waals surface area contributed by atoms with E-state index in [1.165, 1.54) is 32.7 Å². The number of rotatable bonds is 7. The number of nitrogens with zero attached hydrogens (tertiary/aromatic N) is 4. The van der Waals surface area contributed by atoms with Crippen LogP contribution in [0.25, 0.3) is 11.1 Å². The molecule has 0 bridgehead atoms. The molecule has 6 heteroatoms. The Bertz CT molecular complexity index is 1220. The predicted octanol–water partition coefficient (Wildman–Crippen LogP) is 4.92. The van der Waals surface area contributed by atoms with Crippen LogP contribution in [0.4, 0.5) is 4.79 Å². The highest BCUT2D eigenvalue weighted by atomic mass is 16.2. The Morgan fingerprint density at radius 1 is 0.889 bits per heavy atom. The van der Waals surface area contributed by atoms with Crippen LogP contribution in [0.5, 0.6) is 0 Å². The lowest BCUT2D eigenvalue weighted by molar-refractivity contribution is -0.135. The number of carbonyl (C=O) groups is 2. The molecule has 2 fully saturated rings. The molecule has 2 saturated heterocycles. The minimum atomic E-state index is -0.695. The van der Waals surface area contributed by atoms with Crippen molar-refractivity contribution in [3.8, 4) is 11.1 Å². The molecule has 3 aromatic rings. The van der Waals surface area contributed by atoms with E-state index in [0.29, 0.717) is 19.4 Å². The van der Waals surface area contributed by atoms with E-state index < -0.39 is 5.54 Å². The smallest absolute Gasteiger partial charge is 0.312 e. The van der Waals surface area contributed by atoms with E-state index in [1.54, 1.807) is 24.3 Å². The molecule has 1 spiro atoms. The van der Waals surface area contributed by atoms with E-state index in [2.05, 4.69) is 65.3 Å². The first kappa shape index (κ1) is 24.2. The van der Waals surface area contributed by atoms with Crippen LogP contribution in [0.15, 0.2) is 73.1 Å². The van der Waals surface area contributed by atoms with Crippen LogP contribution in [0.2, 0.25) is 0 Å². The summed E-state index contributed by atoms with van der Waals surface area (Å²) in [6.45, 7) is 5.05. The number of aromatic nitrogens is 1. The molecule has 0 atom stereocenters. The van der Waals surface area contributed by atoms with Crippen LogP contribution in [0.1, 0.15) is 36.0 Å². The number of urea groups is 1. The highest BCUT2D eigenvalue weighted by molar-refractivity contribution is 6.07. The van der Waals surface area contributed by atoms with Crippen molar-refractivity contribution in [2.45, 2.75) is 44.7 Å². The molecule has 6 nitrogen and oxygen atoms in total. The molecule has 0 aliphatic carbocycles. The molecule has 36 heavy (non-hydrogen) atoms. The summed E-state index contributed by atoms with van der Waals surface area (Å²) < 4.78 is 0. The van der Waals surface area contributed by atoms with Gasteiger partial charge in [-0.25, -0.2) is 4.79 Å². The Labute approximate surface area is 213 Å². The molecule has 2 aliphatic rings. The first-order chi connectivity index (χ1) is 17.5. The highest BCUT2D eigenvalue weighted by Gasteiger charge is 2.56. The van der Waals surface area contributed by atoms with E-state index in [9.17, 15) is 9.59 Å². The fraction of sp³-hybridized carbons (Fsp3) is 0.367. The summed E-state index contributed by atoms with van der Waals surface area (Å²) in [6, 6.07) is 21.0. The number of carbonyl (C=O) groups excluding carboxylic acids is 2. The Morgan fingerprint density at radius 2 is 1.58 bits per heavy atom. The largest absolute Gasteiger partial charge is 0.327 e. The van der Waals surface area contributed by atoms with Crippen molar-refractivity contribution >= 4 is 11.9 Å². The number of likely N-dealkylation sites (N-methyl/N-ethyl adjacent to an activating group) is 1. The Hall–Kier alpha value is -3.51. The van der Waals surface area contributed by atoms with Gasteiger partial charge in [0, 0.05) is 45.6 Å². The second-order valence-electron chi connectivity index (χ2n) is 10.1. The molecule has 3 amide bonds. The van der Waals surface area contributed by atoms with Gasteiger partial charge in [0.1, 0.15) is 5.54 Å². The SMILES string of the molecule is Cc1ccccc1-c1ccc(CN2CCC3(CC2)C(=O)N(CCCc2ccncc2)C(=O)N3C)cc1. The van der Waals surface area contributed by atoms with E-state index in [-0.39, 0.29) is 11.9 Å². The molecular formula is C30H34N4O2. The molecule has 3 heterocycles. The van der Waals surface area contributed by atoms with Crippen molar-refractivity contribution < 1.29 is 9.59 Å². The van der Waals surface area contributed by atoms with Crippen LogP contribution in [-0.4, -0.2) is 63.8 Å².